The molecule has 0 radical (unpaired) electrons. The number of thiophene rings is 1. The standard InChI is InChI=1S/C22H24ClFN6O3S2/c1-27(2)15-21-25-9-12-28(21)16-4-6-19(18(24)14-16)29-10-3-11-30(22(29)31)26-35(32,33)13-8-17-5-7-20(23)34-17/h4-9,12-14,26H,3,10-11,15H2,1-2H3/b13-8+. The number of nitrogens with one attached hydrogen (secondary N) is 1. The van der Waals surface area contributed by atoms with Crippen molar-refractivity contribution in [1.82, 2.24) is 24.3 Å². The Balaban J connectivity index is 1.50. The molecule has 2 aromatic heterocycles. The fourth-order valence-electron chi connectivity index (χ4n) is 3.62. The van der Waals surface area contributed by atoms with Crippen LogP contribution in [0.4, 0.5) is 14.9 Å². The number of rotatable bonds is 8. The summed E-state index contributed by atoms with van der Waals surface area (Å²) in [4.78, 5) is 23.4. The fraction of sp³-hybridized carbons (Fsp3) is 0.273. The van der Waals surface area contributed by atoms with Gasteiger partial charge in [0.05, 0.1) is 16.6 Å². The maximum absolute atomic E-state index is 15.2. The highest BCUT2D eigenvalue weighted by atomic mass is 35.5. The van der Waals surface area contributed by atoms with Crippen molar-refractivity contribution in [3.8, 4) is 5.69 Å². The summed E-state index contributed by atoms with van der Waals surface area (Å²) in [6.45, 7) is 0.994. The molecule has 1 N–H and O–H groups in total. The molecule has 2 amide bonds. The normalized spacial score (nSPS) is 15.1. The first kappa shape index (κ1) is 25.3. The second-order valence-electron chi connectivity index (χ2n) is 8.11. The zero-order chi connectivity index (χ0) is 25.2. The molecule has 35 heavy (non-hydrogen) atoms. The van der Waals surface area contributed by atoms with Gasteiger partial charge in [-0.2, -0.15) is 0 Å². The molecule has 0 spiro atoms. The van der Waals surface area contributed by atoms with Crippen molar-refractivity contribution in [3.05, 3.63) is 69.0 Å². The molecule has 4 rings (SSSR count). The van der Waals surface area contributed by atoms with Gasteiger partial charge in [0.25, 0.3) is 10.0 Å². The number of hydrogen-bond acceptors (Lipinski definition) is 6. The van der Waals surface area contributed by atoms with Crippen LogP contribution in [-0.4, -0.2) is 61.1 Å². The van der Waals surface area contributed by atoms with E-state index in [2.05, 4.69) is 9.82 Å². The number of imidazole rings is 1. The minimum Gasteiger partial charge on any atom is -0.303 e. The zero-order valence-electron chi connectivity index (χ0n) is 19.1. The van der Waals surface area contributed by atoms with Gasteiger partial charge in [-0.15, -0.1) is 16.2 Å². The second-order valence-corrected chi connectivity index (χ2v) is 11.4. The number of sulfonamides is 1. The average Bonchev–Trinajstić information content (AvgIpc) is 3.42. The van der Waals surface area contributed by atoms with Gasteiger partial charge in [-0.05, 0) is 50.9 Å². The summed E-state index contributed by atoms with van der Waals surface area (Å²) in [5.41, 5.74) is 0.641. The van der Waals surface area contributed by atoms with E-state index in [4.69, 9.17) is 11.6 Å². The van der Waals surface area contributed by atoms with E-state index in [1.807, 2.05) is 19.0 Å². The molecule has 0 unspecified atom stereocenters. The summed E-state index contributed by atoms with van der Waals surface area (Å²) in [6, 6.07) is 7.24. The number of nitrogens with zero attached hydrogens (tertiary/aromatic N) is 5. The first-order valence-electron chi connectivity index (χ1n) is 10.6. The third-order valence-corrected chi connectivity index (χ3v) is 7.31. The largest absolute Gasteiger partial charge is 0.339 e. The maximum atomic E-state index is 15.2. The Morgan fingerprint density at radius 2 is 2.06 bits per heavy atom. The predicted molar refractivity (Wildman–Crippen MR) is 135 cm³/mol. The molecule has 13 heteroatoms. The van der Waals surface area contributed by atoms with E-state index < -0.39 is 21.9 Å². The van der Waals surface area contributed by atoms with Gasteiger partial charge in [-0.3, -0.25) is 4.90 Å². The first-order valence-corrected chi connectivity index (χ1v) is 13.4. The van der Waals surface area contributed by atoms with Crippen LogP contribution < -0.4 is 9.73 Å². The van der Waals surface area contributed by atoms with E-state index in [0.29, 0.717) is 27.9 Å². The quantitative estimate of drug-likeness (QED) is 0.469. The SMILES string of the molecule is CN(C)Cc1nccn1-c1ccc(N2CCCN(NS(=O)(=O)/C=C/c3ccc(Cl)s3)C2=O)c(F)c1. The number of carbonyl (C=O) groups is 1. The van der Waals surface area contributed by atoms with Gasteiger partial charge in [0.2, 0.25) is 0 Å². The summed E-state index contributed by atoms with van der Waals surface area (Å²) >= 11 is 7.09. The van der Waals surface area contributed by atoms with Crippen LogP contribution in [0.1, 0.15) is 17.1 Å². The van der Waals surface area contributed by atoms with Gasteiger partial charge >= 0.3 is 6.03 Å². The number of amides is 2. The number of anilines is 1. The lowest BCUT2D eigenvalue weighted by atomic mass is 10.2. The third-order valence-electron chi connectivity index (χ3n) is 5.14. The smallest absolute Gasteiger partial charge is 0.303 e. The number of aromatic nitrogens is 2. The van der Waals surface area contributed by atoms with Crippen LogP contribution in [0.15, 0.2) is 48.1 Å². The highest BCUT2D eigenvalue weighted by Gasteiger charge is 2.31. The van der Waals surface area contributed by atoms with Gasteiger partial charge in [0.15, 0.2) is 0 Å². The molecule has 3 aromatic rings. The van der Waals surface area contributed by atoms with Crippen LogP contribution >= 0.6 is 22.9 Å². The van der Waals surface area contributed by atoms with E-state index in [1.165, 1.54) is 34.4 Å². The molecule has 3 heterocycles. The second kappa shape index (κ2) is 10.5. The molecule has 1 aromatic carbocycles. The predicted octanol–water partition coefficient (Wildman–Crippen LogP) is 3.93. The molecule has 1 aliphatic rings. The van der Waals surface area contributed by atoms with Crippen molar-refractivity contribution in [2.75, 3.05) is 32.1 Å². The summed E-state index contributed by atoms with van der Waals surface area (Å²) in [5, 5.41) is 1.94. The van der Waals surface area contributed by atoms with E-state index in [9.17, 15) is 13.2 Å². The van der Waals surface area contributed by atoms with E-state index >= 15 is 4.39 Å². The van der Waals surface area contributed by atoms with Crippen molar-refractivity contribution >= 4 is 50.8 Å². The van der Waals surface area contributed by atoms with Gasteiger partial charge < -0.3 is 9.47 Å². The monoisotopic (exact) mass is 538 g/mol. The van der Waals surface area contributed by atoms with Gasteiger partial charge in [0.1, 0.15) is 11.6 Å². The fourth-order valence-corrected chi connectivity index (χ4v) is 5.54. The lowest BCUT2D eigenvalue weighted by Crippen LogP contribution is -2.56. The molecule has 0 bridgehead atoms. The van der Waals surface area contributed by atoms with Crippen molar-refractivity contribution in [1.29, 1.82) is 0 Å². The van der Waals surface area contributed by atoms with Crippen LogP contribution in [0.2, 0.25) is 4.34 Å². The van der Waals surface area contributed by atoms with E-state index in [1.54, 1.807) is 35.2 Å². The number of hydrogen-bond donors (Lipinski definition) is 1. The topological polar surface area (TPSA) is 90.8 Å². The Labute approximate surface area is 212 Å². The summed E-state index contributed by atoms with van der Waals surface area (Å²) in [5.74, 6) is 0.147. The van der Waals surface area contributed by atoms with Crippen LogP contribution in [0.25, 0.3) is 11.8 Å². The molecule has 0 aliphatic carbocycles. The zero-order valence-corrected chi connectivity index (χ0v) is 21.4. The number of urea groups is 1. The lowest BCUT2D eigenvalue weighted by molar-refractivity contribution is 0.185. The first-order chi connectivity index (χ1) is 16.6. The molecule has 0 saturated carbocycles. The molecule has 186 valence electrons. The van der Waals surface area contributed by atoms with Crippen LogP contribution in [0.5, 0.6) is 0 Å². The lowest BCUT2D eigenvalue weighted by Gasteiger charge is -2.35. The Morgan fingerprint density at radius 1 is 1.26 bits per heavy atom. The Bertz CT molecular complexity index is 1350. The number of carbonyl (C=O) groups excluding carboxylic acids is 1. The Morgan fingerprint density at radius 3 is 2.74 bits per heavy atom. The molecule has 1 fully saturated rings. The summed E-state index contributed by atoms with van der Waals surface area (Å²) in [6.07, 6.45) is 5.23. The maximum Gasteiger partial charge on any atom is 0.339 e. The molecule has 0 atom stereocenters. The highest BCUT2D eigenvalue weighted by molar-refractivity contribution is 7.92. The van der Waals surface area contributed by atoms with Gasteiger partial charge in [0, 0.05) is 47.5 Å². The molecule has 1 saturated heterocycles. The molecular formula is C22H24ClFN6O3S2. The van der Waals surface area contributed by atoms with Crippen LogP contribution in [-0.2, 0) is 16.6 Å². The molecular weight excluding hydrogens is 515 g/mol. The number of benzene rings is 1. The summed E-state index contributed by atoms with van der Waals surface area (Å²) in [7, 11) is -0.137. The molecule has 1 aliphatic heterocycles. The van der Waals surface area contributed by atoms with E-state index in [-0.39, 0.29) is 18.8 Å². The van der Waals surface area contributed by atoms with Crippen molar-refractivity contribution < 1.29 is 17.6 Å². The summed E-state index contributed by atoms with van der Waals surface area (Å²) < 4.78 is 42.5. The van der Waals surface area contributed by atoms with Crippen molar-refractivity contribution in [3.63, 3.8) is 0 Å². The van der Waals surface area contributed by atoms with Gasteiger partial charge in [-0.1, -0.05) is 11.6 Å². The van der Waals surface area contributed by atoms with Crippen molar-refractivity contribution in [2.45, 2.75) is 13.0 Å². The van der Waals surface area contributed by atoms with Crippen molar-refractivity contribution in [2.24, 2.45) is 0 Å². The van der Waals surface area contributed by atoms with E-state index in [0.717, 1.165) is 16.2 Å². The molecule has 9 nitrogen and oxygen atoms in total. The van der Waals surface area contributed by atoms with Crippen LogP contribution in [0, 0.1) is 5.82 Å². The third kappa shape index (κ3) is 6.08. The van der Waals surface area contributed by atoms with Gasteiger partial charge in [-0.25, -0.2) is 27.6 Å². The number of halogens is 2. The highest BCUT2D eigenvalue weighted by Crippen LogP contribution is 2.26. The van der Waals surface area contributed by atoms with Crippen LogP contribution in [0.3, 0.4) is 0 Å². The minimum absolute atomic E-state index is 0.0701. The Kier molecular flexibility index (Phi) is 7.57. The number of hydrazine groups is 1. The Hall–Kier alpha value is -2.77. The average molecular weight is 539 g/mol. The minimum atomic E-state index is -3.97.